The number of primary amides is 1. The molecule has 0 unspecified atom stereocenters. The maximum absolute atomic E-state index is 12.8. The van der Waals surface area contributed by atoms with Gasteiger partial charge in [-0.25, -0.2) is 0 Å². The summed E-state index contributed by atoms with van der Waals surface area (Å²) >= 11 is 13.5. The first-order chi connectivity index (χ1) is 24.2. The summed E-state index contributed by atoms with van der Waals surface area (Å²) in [6.07, 6.45) is 4.33. The monoisotopic (exact) mass is 726 g/mol. The summed E-state index contributed by atoms with van der Waals surface area (Å²) in [5.74, 6) is 0.290. The molecule has 0 fully saturated rings. The van der Waals surface area contributed by atoms with Crippen LogP contribution in [0.15, 0.2) is 48.7 Å². The number of halogens is 2. The number of ether oxygens (including phenoxy) is 1. The maximum atomic E-state index is 12.8. The van der Waals surface area contributed by atoms with Crippen LogP contribution in [-0.4, -0.2) is 44.4 Å². The number of rotatable bonds is 12. The van der Waals surface area contributed by atoms with Crippen molar-refractivity contribution in [1.82, 2.24) is 18.9 Å². The minimum atomic E-state index is -0.520. The number of nitrogens with zero attached hydrogens (tertiary/aromatic N) is 5. The zero-order chi connectivity index (χ0) is 36.9. The standard InChI is InChI=1S/C40H44Cl2N6O3/c1-22-16-29(17-23(2)38(22)42)51-15-9-10-30-26(5)48(39-31(30)12-13-33(41)37(39)36-25(4)44-46(8)27(36)6)24(3)19-47(21-49)35-20-45(7)34-14-11-28(40(43)50)18-32(34)35/h11-14,16-18,20-21,24H,9-10,15,19H2,1-8H3,(H2,43,50)/t24-/m1/s1. The summed E-state index contributed by atoms with van der Waals surface area (Å²) in [7, 11) is 3.86. The van der Waals surface area contributed by atoms with Crippen molar-refractivity contribution in [2.24, 2.45) is 19.8 Å². The van der Waals surface area contributed by atoms with E-state index in [4.69, 9.17) is 38.8 Å². The molecule has 0 spiro atoms. The third-order valence-electron chi connectivity index (χ3n) is 10.1. The van der Waals surface area contributed by atoms with E-state index in [-0.39, 0.29) is 6.04 Å². The Bertz CT molecular complexity index is 2310. The molecular weight excluding hydrogens is 683 g/mol. The highest BCUT2D eigenvalue weighted by atomic mass is 35.5. The van der Waals surface area contributed by atoms with Crippen LogP contribution in [0.5, 0.6) is 5.75 Å². The van der Waals surface area contributed by atoms with Crippen LogP contribution in [0.2, 0.25) is 10.0 Å². The number of hydrogen-bond donors (Lipinski definition) is 1. The average Bonchev–Trinajstić information content (AvgIpc) is 3.66. The normalized spacial score (nSPS) is 12.2. The summed E-state index contributed by atoms with van der Waals surface area (Å²) < 4.78 is 12.4. The summed E-state index contributed by atoms with van der Waals surface area (Å²) in [4.78, 5) is 26.6. The fourth-order valence-corrected chi connectivity index (χ4v) is 7.91. The number of benzene rings is 3. The van der Waals surface area contributed by atoms with Gasteiger partial charge in [0.2, 0.25) is 12.3 Å². The number of anilines is 1. The van der Waals surface area contributed by atoms with Crippen molar-refractivity contribution in [2.45, 2.75) is 60.4 Å². The van der Waals surface area contributed by atoms with Gasteiger partial charge >= 0.3 is 0 Å². The van der Waals surface area contributed by atoms with Crippen LogP contribution in [0.1, 0.15) is 63.5 Å². The smallest absolute Gasteiger partial charge is 0.248 e. The minimum Gasteiger partial charge on any atom is -0.494 e. The van der Waals surface area contributed by atoms with Crippen LogP contribution in [-0.2, 0) is 25.3 Å². The van der Waals surface area contributed by atoms with Gasteiger partial charge in [0, 0.05) is 82.3 Å². The van der Waals surface area contributed by atoms with E-state index in [0.717, 1.165) is 91.2 Å². The Balaban J connectivity index is 1.43. The first-order valence-corrected chi connectivity index (χ1v) is 17.8. The zero-order valence-corrected chi connectivity index (χ0v) is 31.9. The van der Waals surface area contributed by atoms with E-state index in [9.17, 15) is 9.59 Å². The Morgan fingerprint density at radius 1 is 0.980 bits per heavy atom. The van der Waals surface area contributed by atoms with E-state index < -0.39 is 5.91 Å². The maximum Gasteiger partial charge on any atom is 0.248 e. The van der Waals surface area contributed by atoms with Gasteiger partial charge in [0.05, 0.1) is 28.5 Å². The van der Waals surface area contributed by atoms with E-state index in [0.29, 0.717) is 29.4 Å². The van der Waals surface area contributed by atoms with Gasteiger partial charge in [-0.3, -0.25) is 14.3 Å². The lowest BCUT2D eigenvalue weighted by atomic mass is 9.98. The number of nitrogens with two attached hydrogens (primary N) is 1. The molecule has 6 rings (SSSR count). The summed E-state index contributed by atoms with van der Waals surface area (Å²) in [5.41, 5.74) is 16.7. The number of amides is 2. The molecule has 0 radical (unpaired) electrons. The Hall–Kier alpha value is -4.73. The van der Waals surface area contributed by atoms with Crippen LogP contribution in [0, 0.1) is 34.6 Å². The second-order valence-electron chi connectivity index (χ2n) is 13.6. The van der Waals surface area contributed by atoms with Crippen molar-refractivity contribution >= 4 is 63.0 Å². The van der Waals surface area contributed by atoms with E-state index in [1.54, 1.807) is 17.0 Å². The molecule has 1 atom stereocenters. The van der Waals surface area contributed by atoms with Gasteiger partial charge < -0.3 is 24.5 Å². The fourth-order valence-electron chi connectivity index (χ4n) is 7.55. The predicted octanol–water partition coefficient (Wildman–Crippen LogP) is 8.72. The minimum absolute atomic E-state index is 0.174. The molecule has 3 heterocycles. The molecule has 0 bridgehead atoms. The van der Waals surface area contributed by atoms with Gasteiger partial charge in [-0.05, 0) is 107 Å². The predicted molar refractivity (Wildman–Crippen MR) is 208 cm³/mol. The molecule has 266 valence electrons. The van der Waals surface area contributed by atoms with Gasteiger partial charge in [-0.2, -0.15) is 5.10 Å². The van der Waals surface area contributed by atoms with Crippen LogP contribution < -0.4 is 15.4 Å². The van der Waals surface area contributed by atoms with Crippen LogP contribution in [0.25, 0.3) is 32.9 Å². The first-order valence-electron chi connectivity index (χ1n) is 17.1. The summed E-state index contributed by atoms with van der Waals surface area (Å²) in [5, 5.41) is 8.01. The number of aryl methyl sites for hydroxylation is 6. The molecule has 0 aliphatic heterocycles. The second kappa shape index (κ2) is 14.1. The molecule has 3 aromatic carbocycles. The molecule has 6 aromatic rings. The van der Waals surface area contributed by atoms with Crippen molar-refractivity contribution in [2.75, 3.05) is 18.1 Å². The molecule has 9 nitrogen and oxygen atoms in total. The lowest BCUT2D eigenvalue weighted by Gasteiger charge is -2.25. The zero-order valence-electron chi connectivity index (χ0n) is 30.4. The summed E-state index contributed by atoms with van der Waals surface area (Å²) in [6, 6.07) is 13.2. The topological polar surface area (TPSA) is 100 Å². The number of aromatic nitrogens is 4. The number of carbonyl (C=O) groups is 2. The molecule has 0 saturated carbocycles. The van der Waals surface area contributed by atoms with Gasteiger partial charge in [-0.15, -0.1) is 0 Å². The van der Waals surface area contributed by atoms with Crippen molar-refractivity contribution in [1.29, 1.82) is 0 Å². The van der Waals surface area contributed by atoms with Gasteiger partial charge in [-0.1, -0.05) is 29.3 Å². The Labute approximate surface area is 308 Å². The van der Waals surface area contributed by atoms with Crippen LogP contribution in [0.4, 0.5) is 5.69 Å². The van der Waals surface area contributed by atoms with E-state index in [2.05, 4.69) is 31.4 Å². The van der Waals surface area contributed by atoms with Gasteiger partial charge in [0.15, 0.2) is 0 Å². The number of fused-ring (bicyclic) bond motifs is 2. The number of carbonyl (C=O) groups excluding carboxylic acids is 2. The molecule has 11 heteroatoms. The first kappa shape index (κ1) is 36.1. The second-order valence-corrected chi connectivity index (χ2v) is 14.4. The lowest BCUT2D eigenvalue weighted by molar-refractivity contribution is -0.107. The molecule has 3 aromatic heterocycles. The van der Waals surface area contributed by atoms with Crippen LogP contribution >= 0.6 is 23.2 Å². The van der Waals surface area contributed by atoms with Gasteiger partial charge in [0.25, 0.3) is 0 Å². The molecule has 0 aliphatic rings. The average molecular weight is 728 g/mol. The highest BCUT2D eigenvalue weighted by Crippen LogP contribution is 2.43. The van der Waals surface area contributed by atoms with Crippen molar-refractivity contribution in [3.63, 3.8) is 0 Å². The van der Waals surface area contributed by atoms with Crippen LogP contribution in [0.3, 0.4) is 0 Å². The molecule has 2 N–H and O–H groups in total. The molecular formula is C40H44Cl2N6O3. The number of hydrogen-bond acceptors (Lipinski definition) is 4. The fraction of sp³-hybridized carbons (Fsp3) is 0.325. The van der Waals surface area contributed by atoms with E-state index in [1.165, 1.54) is 5.56 Å². The van der Waals surface area contributed by atoms with Crippen molar-refractivity contribution < 1.29 is 14.3 Å². The van der Waals surface area contributed by atoms with Gasteiger partial charge in [0.1, 0.15) is 5.75 Å². The molecule has 0 saturated heterocycles. The Morgan fingerprint density at radius 3 is 2.31 bits per heavy atom. The van der Waals surface area contributed by atoms with E-state index in [1.807, 2.05) is 74.6 Å². The largest absolute Gasteiger partial charge is 0.494 e. The van der Waals surface area contributed by atoms with Crippen molar-refractivity contribution in [3.8, 4) is 16.9 Å². The molecule has 51 heavy (non-hydrogen) atoms. The summed E-state index contributed by atoms with van der Waals surface area (Å²) in [6.45, 7) is 13.2. The lowest BCUT2D eigenvalue weighted by Crippen LogP contribution is -2.29. The highest BCUT2D eigenvalue weighted by molar-refractivity contribution is 6.35. The van der Waals surface area contributed by atoms with E-state index >= 15 is 0 Å². The third kappa shape index (κ3) is 6.49. The molecule has 2 amide bonds. The van der Waals surface area contributed by atoms with Crippen molar-refractivity contribution in [3.05, 3.63) is 98.0 Å². The Kier molecular flexibility index (Phi) is 9.99. The Morgan fingerprint density at radius 2 is 1.69 bits per heavy atom. The highest BCUT2D eigenvalue weighted by Gasteiger charge is 2.27. The molecule has 0 aliphatic carbocycles. The quantitative estimate of drug-likeness (QED) is 0.101. The SMILES string of the molecule is Cc1cc(OCCCc2c(C)n([C@H](C)CN(C=O)c3cn(C)c4ccc(C(N)=O)cc34)c3c(-c4c(C)nn(C)c4C)c(Cl)ccc23)cc(C)c1Cl. The third-order valence-corrected chi connectivity index (χ3v) is 11.0.